The Hall–Kier alpha value is -1.62. The zero-order valence-electron chi connectivity index (χ0n) is 9.36. The Kier molecular flexibility index (Phi) is 3.02. The maximum Gasteiger partial charge on any atom is 0.338 e. The second-order valence-electron chi connectivity index (χ2n) is 3.58. The van der Waals surface area contributed by atoms with E-state index < -0.39 is 5.97 Å². The molecule has 5 heteroatoms. The van der Waals surface area contributed by atoms with Crippen LogP contribution < -0.4 is 0 Å². The number of rotatable bonds is 1. The maximum absolute atomic E-state index is 11.6. The lowest BCUT2D eigenvalue weighted by Crippen LogP contribution is -2.05. The Morgan fingerprint density at radius 1 is 1.35 bits per heavy atom. The van der Waals surface area contributed by atoms with Gasteiger partial charge < -0.3 is 4.74 Å². The Morgan fingerprint density at radius 2 is 2.06 bits per heavy atom. The van der Waals surface area contributed by atoms with E-state index in [2.05, 4.69) is 15.9 Å². The lowest BCUT2D eigenvalue weighted by atomic mass is 10.1. The molecule has 1 heterocycles. The minimum atomic E-state index is -0.419. The molecule has 0 aliphatic heterocycles. The van der Waals surface area contributed by atoms with Gasteiger partial charge in [0.25, 0.3) is 0 Å². The lowest BCUT2D eigenvalue weighted by molar-refractivity contribution is 0.0602. The summed E-state index contributed by atoms with van der Waals surface area (Å²) in [6.45, 7) is 1.47. The minimum Gasteiger partial charge on any atom is -0.465 e. The van der Waals surface area contributed by atoms with E-state index in [1.54, 1.807) is 24.4 Å². The van der Waals surface area contributed by atoms with E-state index in [-0.39, 0.29) is 5.91 Å². The normalized spacial score (nSPS) is 10.5. The quantitative estimate of drug-likeness (QED) is 0.760. The van der Waals surface area contributed by atoms with Gasteiger partial charge in [0.15, 0.2) is 0 Å². The number of hydrogen-bond acceptors (Lipinski definition) is 3. The van der Waals surface area contributed by atoms with Crippen molar-refractivity contribution in [3.63, 3.8) is 0 Å². The third-order valence-corrected chi connectivity index (χ3v) is 2.98. The van der Waals surface area contributed by atoms with E-state index in [4.69, 9.17) is 4.74 Å². The number of carbonyl (C=O) groups is 2. The van der Waals surface area contributed by atoms with Crippen LogP contribution in [-0.4, -0.2) is 23.6 Å². The third kappa shape index (κ3) is 1.98. The molecule has 0 spiro atoms. The Bertz CT molecular complexity index is 615. The predicted molar refractivity (Wildman–Crippen MR) is 67.3 cm³/mol. The number of ether oxygens (including phenoxy) is 1. The monoisotopic (exact) mass is 295 g/mol. The first-order valence-corrected chi connectivity index (χ1v) is 5.73. The number of halogens is 1. The number of hydrogen-bond donors (Lipinski definition) is 0. The van der Waals surface area contributed by atoms with E-state index >= 15 is 0 Å². The van der Waals surface area contributed by atoms with Crippen molar-refractivity contribution in [1.82, 2.24) is 4.57 Å². The van der Waals surface area contributed by atoms with Crippen LogP contribution in [0, 0.1) is 0 Å². The molecule has 2 aromatic rings. The highest BCUT2D eigenvalue weighted by Crippen LogP contribution is 2.26. The van der Waals surface area contributed by atoms with Crippen LogP contribution in [0.4, 0.5) is 0 Å². The summed E-state index contributed by atoms with van der Waals surface area (Å²) in [6, 6.07) is 5.21. The van der Waals surface area contributed by atoms with Gasteiger partial charge in [-0.05, 0) is 18.2 Å². The van der Waals surface area contributed by atoms with Gasteiger partial charge in [-0.2, -0.15) is 0 Å². The standard InChI is InChI=1S/C12H10BrNO3/c1-7(15)14-4-3-9-10(12(16)17-2)5-8(13)6-11(9)14/h3-6H,1-2H3. The summed E-state index contributed by atoms with van der Waals surface area (Å²) in [4.78, 5) is 23.0. The molecule has 0 saturated carbocycles. The number of carbonyl (C=O) groups excluding carboxylic acids is 2. The summed E-state index contributed by atoms with van der Waals surface area (Å²) in [7, 11) is 1.33. The molecule has 4 nitrogen and oxygen atoms in total. The molecule has 0 saturated heterocycles. The smallest absolute Gasteiger partial charge is 0.338 e. The SMILES string of the molecule is COC(=O)c1cc(Br)cc2c1ccn2C(C)=O. The highest BCUT2D eigenvalue weighted by Gasteiger charge is 2.15. The van der Waals surface area contributed by atoms with Crippen molar-refractivity contribution in [1.29, 1.82) is 0 Å². The van der Waals surface area contributed by atoms with E-state index in [1.807, 2.05) is 0 Å². The summed E-state index contributed by atoms with van der Waals surface area (Å²) in [5.41, 5.74) is 1.13. The number of nitrogens with zero attached hydrogens (tertiary/aromatic N) is 1. The first-order valence-electron chi connectivity index (χ1n) is 4.94. The molecule has 17 heavy (non-hydrogen) atoms. The third-order valence-electron chi connectivity index (χ3n) is 2.52. The van der Waals surface area contributed by atoms with Crippen LogP contribution in [0.2, 0.25) is 0 Å². The molecule has 0 unspecified atom stereocenters. The number of esters is 1. The second-order valence-corrected chi connectivity index (χ2v) is 4.50. The van der Waals surface area contributed by atoms with Gasteiger partial charge in [-0.1, -0.05) is 15.9 Å². The average molecular weight is 296 g/mol. The van der Waals surface area contributed by atoms with Gasteiger partial charge in [-0.25, -0.2) is 4.79 Å². The molecule has 0 atom stereocenters. The Morgan fingerprint density at radius 3 is 2.65 bits per heavy atom. The van der Waals surface area contributed by atoms with Crippen LogP contribution in [0.5, 0.6) is 0 Å². The summed E-state index contributed by atoms with van der Waals surface area (Å²) in [6.07, 6.45) is 1.64. The van der Waals surface area contributed by atoms with Gasteiger partial charge in [0.1, 0.15) is 0 Å². The van der Waals surface area contributed by atoms with Crippen LogP contribution in [-0.2, 0) is 4.74 Å². The zero-order chi connectivity index (χ0) is 12.6. The van der Waals surface area contributed by atoms with Gasteiger partial charge >= 0.3 is 5.97 Å². The molecule has 0 bridgehead atoms. The van der Waals surface area contributed by atoms with Gasteiger partial charge in [0, 0.05) is 23.0 Å². The van der Waals surface area contributed by atoms with Crippen LogP contribution in [0.1, 0.15) is 22.1 Å². The molecular formula is C12H10BrNO3. The van der Waals surface area contributed by atoms with Crippen LogP contribution >= 0.6 is 15.9 Å². The van der Waals surface area contributed by atoms with Gasteiger partial charge in [-0.3, -0.25) is 9.36 Å². The molecule has 1 aromatic heterocycles. The Balaban J connectivity index is 2.78. The van der Waals surface area contributed by atoms with Crippen LogP contribution in [0.3, 0.4) is 0 Å². The Labute approximate surface area is 106 Å². The molecule has 1 aromatic carbocycles. The minimum absolute atomic E-state index is 0.103. The van der Waals surface area contributed by atoms with Crippen molar-refractivity contribution in [2.45, 2.75) is 6.92 Å². The summed E-state index contributed by atoms with van der Waals surface area (Å²) >= 11 is 3.32. The van der Waals surface area contributed by atoms with E-state index in [1.165, 1.54) is 18.6 Å². The molecular weight excluding hydrogens is 286 g/mol. The highest BCUT2D eigenvalue weighted by atomic mass is 79.9. The van der Waals surface area contributed by atoms with Gasteiger partial charge in [0.05, 0.1) is 18.2 Å². The zero-order valence-corrected chi connectivity index (χ0v) is 10.9. The van der Waals surface area contributed by atoms with Crippen molar-refractivity contribution in [2.75, 3.05) is 7.11 Å². The molecule has 88 valence electrons. The molecule has 0 radical (unpaired) electrons. The molecule has 0 amide bonds. The molecule has 0 fully saturated rings. The van der Waals surface area contributed by atoms with Gasteiger partial charge in [-0.15, -0.1) is 0 Å². The molecule has 0 aliphatic carbocycles. The van der Waals surface area contributed by atoms with E-state index in [9.17, 15) is 9.59 Å². The second kappa shape index (κ2) is 4.33. The lowest BCUT2D eigenvalue weighted by Gasteiger charge is -2.04. The first-order chi connectivity index (χ1) is 8.04. The first kappa shape index (κ1) is 11.9. The maximum atomic E-state index is 11.6. The molecule has 2 rings (SSSR count). The predicted octanol–water partition coefficient (Wildman–Crippen LogP) is 2.85. The fraction of sp³-hybridized carbons (Fsp3) is 0.167. The number of fused-ring (bicyclic) bond motifs is 1. The van der Waals surface area contributed by atoms with Crippen molar-refractivity contribution in [3.8, 4) is 0 Å². The summed E-state index contributed by atoms with van der Waals surface area (Å²) < 4.78 is 6.94. The van der Waals surface area contributed by atoms with Crippen molar-refractivity contribution < 1.29 is 14.3 Å². The fourth-order valence-electron chi connectivity index (χ4n) is 1.76. The number of methoxy groups -OCH3 is 1. The average Bonchev–Trinajstić information content (AvgIpc) is 2.70. The largest absolute Gasteiger partial charge is 0.465 e. The van der Waals surface area contributed by atoms with Crippen LogP contribution in [0.15, 0.2) is 28.9 Å². The van der Waals surface area contributed by atoms with Crippen molar-refractivity contribution in [3.05, 3.63) is 34.4 Å². The molecule has 0 aliphatic rings. The molecule has 0 N–H and O–H groups in total. The van der Waals surface area contributed by atoms with E-state index in [0.29, 0.717) is 16.5 Å². The summed E-state index contributed by atoms with van der Waals surface area (Å²) in [5.74, 6) is -0.522. The van der Waals surface area contributed by atoms with Crippen LogP contribution in [0.25, 0.3) is 10.9 Å². The van der Waals surface area contributed by atoms with Gasteiger partial charge in [0.2, 0.25) is 5.91 Å². The van der Waals surface area contributed by atoms with Crippen molar-refractivity contribution >= 4 is 38.7 Å². The summed E-state index contributed by atoms with van der Waals surface area (Å²) in [5, 5.41) is 0.704. The number of aromatic nitrogens is 1. The topological polar surface area (TPSA) is 48.3 Å². The number of benzene rings is 1. The highest BCUT2D eigenvalue weighted by molar-refractivity contribution is 9.10. The van der Waals surface area contributed by atoms with Crippen molar-refractivity contribution in [2.24, 2.45) is 0 Å². The van der Waals surface area contributed by atoms with E-state index in [0.717, 1.165) is 4.47 Å². The fourth-order valence-corrected chi connectivity index (χ4v) is 2.21.